The molecule has 0 atom stereocenters. The summed E-state index contributed by atoms with van der Waals surface area (Å²) >= 11 is 0. The molecule has 0 aliphatic carbocycles. The zero-order chi connectivity index (χ0) is 23.8. The molecule has 0 saturated heterocycles. The Morgan fingerprint density at radius 2 is 1.82 bits per heavy atom. The minimum atomic E-state index is -0.531. The van der Waals surface area contributed by atoms with E-state index in [4.69, 9.17) is 18.9 Å². The smallest absolute Gasteiger partial charge is 0.407 e. The first kappa shape index (κ1) is 23.9. The number of aromatic nitrogens is 3. The Balaban J connectivity index is 1.67. The van der Waals surface area contributed by atoms with Crippen LogP contribution in [-0.2, 0) is 4.74 Å². The van der Waals surface area contributed by atoms with Crippen molar-refractivity contribution < 1.29 is 23.7 Å². The van der Waals surface area contributed by atoms with E-state index in [-0.39, 0.29) is 0 Å². The van der Waals surface area contributed by atoms with Gasteiger partial charge in [0.25, 0.3) is 0 Å². The third kappa shape index (κ3) is 6.86. The van der Waals surface area contributed by atoms with E-state index in [9.17, 15) is 4.79 Å². The number of nitrogens with zero attached hydrogens (tertiary/aromatic N) is 3. The van der Waals surface area contributed by atoms with Gasteiger partial charge in [-0.2, -0.15) is 0 Å². The Kier molecular flexibility index (Phi) is 7.76. The van der Waals surface area contributed by atoms with Gasteiger partial charge in [-0.1, -0.05) is 0 Å². The van der Waals surface area contributed by atoms with Gasteiger partial charge in [-0.3, -0.25) is 0 Å². The number of hydrogen-bond acceptors (Lipinski definition) is 7. The van der Waals surface area contributed by atoms with Gasteiger partial charge in [-0.15, -0.1) is 5.10 Å². The molecule has 1 aromatic carbocycles. The number of rotatable bonds is 9. The van der Waals surface area contributed by atoms with Crippen LogP contribution in [-0.4, -0.2) is 53.3 Å². The van der Waals surface area contributed by atoms with Gasteiger partial charge in [-0.05, 0) is 58.0 Å². The summed E-state index contributed by atoms with van der Waals surface area (Å²) < 4.78 is 23.4. The quantitative estimate of drug-likeness (QED) is 0.483. The standard InChI is InChI=1S/C24H30N4O5/c1-6-31-22-15-20(28(27-22)18-9-12-21(30-5)26-16-18)17-7-10-19(11-8-17)32-14-13-25-23(29)33-24(2,3)4/h7-12,15-16H,6,13-14H2,1-5H3,(H,25,29). The Labute approximate surface area is 193 Å². The molecule has 0 fully saturated rings. The molecule has 2 aromatic heterocycles. The Hall–Kier alpha value is -3.75. The molecule has 1 amide bonds. The number of amides is 1. The fraction of sp³-hybridized carbons (Fsp3) is 0.375. The van der Waals surface area contributed by atoms with Crippen LogP contribution >= 0.6 is 0 Å². The van der Waals surface area contributed by atoms with Crippen LogP contribution in [0, 0.1) is 0 Å². The summed E-state index contributed by atoms with van der Waals surface area (Å²) in [5, 5.41) is 7.23. The first-order valence-electron chi connectivity index (χ1n) is 10.7. The lowest BCUT2D eigenvalue weighted by Crippen LogP contribution is -2.34. The van der Waals surface area contributed by atoms with Crippen LogP contribution in [0.4, 0.5) is 4.79 Å². The maximum Gasteiger partial charge on any atom is 0.407 e. The Morgan fingerprint density at radius 3 is 2.42 bits per heavy atom. The van der Waals surface area contributed by atoms with E-state index in [0.29, 0.717) is 37.3 Å². The van der Waals surface area contributed by atoms with Gasteiger partial charge in [0, 0.05) is 17.7 Å². The van der Waals surface area contributed by atoms with E-state index in [1.54, 1.807) is 24.1 Å². The molecule has 3 rings (SSSR count). The molecule has 0 aliphatic rings. The van der Waals surface area contributed by atoms with Crippen LogP contribution < -0.4 is 19.5 Å². The van der Waals surface area contributed by atoms with Crippen molar-refractivity contribution in [1.82, 2.24) is 20.1 Å². The number of ether oxygens (including phenoxy) is 4. The molecule has 0 unspecified atom stereocenters. The molecule has 0 bridgehead atoms. The van der Waals surface area contributed by atoms with Crippen molar-refractivity contribution in [2.24, 2.45) is 0 Å². The largest absolute Gasteiger partial charge is 0.492 e. The molecule has 33 heavy (non-hydrogen) atoms. The van der Waals surface area contributed by atoms with Gasteiger partial charge in [0.1, 0.15) is 18.0 Å². The average Bonchev–Trinajstić information content (AvgIpc) is 3.20. The molecule has 0 radical (unpaired) electrons. The number of alkyl carbamates (subject to hydrolysis) is 1. The third-order valence-electron chi connectivity index (χ3n) is 4.34. The molecule has 2 heterocycles. The molecule has 3 aromatic rings. The number of benzene rings is 1. The third-order valence-corrected chi connectivity index (χ3v) is 4.34. The molecule has 9 heteroatoms. The van der Waals surface area contributed by atoms with Gasteiger partial charge in [-0.25, -0.2) is 14.5 Å². The van der Waals surface area contributed by atoms with Gasteiger partial charge < -0.3 is 24.3 Å². The lowest BCUT2D eigenvalue weighted by molar-refractivity contribution is 0.0520. The normalized spacial score (nSPS) is 11.1. The van der Waals surface area contributed by atoms with Crippen molar-refractivity contribution in [3.63, 3.8) is 0 Å². The van der Waals surface area contributed by atoms with Crippen LogP contribution in [0.5, 0.6) is 17.5 Å². The summed E-state index contributed by atoms with van der Waals surface area (Å²) in [5.74, 6) is 1.74. The van der Waals surface area contributed by atoms with Crippen LogP contribution in [0.2, 0.25) is 0 Å². The van der Waals surface area contributed by atoms with E-state index in [2.05, 4.69) is 15.4 Å². The van der Waals surface area contributed by atoms with E-state index in [0.717, 1.165) is 16.9 Å². The maximum atomic E-state index is 11.7. The second-order valence-electron chi connectivity index (χ2n) is 8.07. The zero-order valence-electron chi connectivity index (χ0n) is 19.6. The monoisotopic (exact) mass is 454 g/mol. The van der Waals surface area contributed by atoms with Crippen molar-refractivity contribution in [3.05, 3.63) is 48.7 Å². The first-order chi connectivity index (χ1) is 15.8. The van der Waals surface area contributed by atoms with Gasteiger partial charge in [0.05, 0.1) is 37.8 Å². The lowest BCUT2D eigenvalue weighted by atomic mass is 10.1. The zero-order valence-corrected chi connectivity index (χ0v) is 19.6. The van der Waals surface area contributed by atoms with Crippen molar-refractivity contribution >= 4 is 6.09 Å². The number of hydrogen-bond donors (Lipinski definition) is 1. The summed E-state index contributed by atoms with van der Waals surface area (Å²) in [5.41, 5.74) is 2.04. The minimum absolute atomic E-state index is 0.322. The Morgan fingerprint density at radius 1 is 1.06 bits per heavy atom. The molecule has 1 N–H and O–H groups in total. The molecule has 9 nitrogen and oxygen atoms in total. The number of carbonyl (C=O) groups excluding carboxylic acids is 1. The fourth-order valence-electron chi connectivity index (χ4n) is 2.96. The second-order valence-corrected chi connectivity index (χ2v) is 8.07. The summed E-state index contributed by atoms with van der Waals surface area (Å²) in [6.45, 7) is 8.55. The summed E-state index contributed by atoms with van der Waals surface area (Å²) in [7, 11) is 1.58. The molecular formula is C24H30N4O5. The van der Waals surface area contributed by atoms with Crippen molar-refractivity contribution in [2.45, 2.75) is 33.3 Å². The van der Waals surface area contributed by atoms with Crippen molar-refractivity contribution in [2.75, 3.05) is 26.9 Å². The highest BCUT2D eigenvalue weighted by Gasteiger charge is 2.16. The average molecular weight is 455 g/mol. The van der Waals surface area contributed by atoms with E-state index >= 15 is 0 Å². The first-order valence-corrected chi connectivity index (χ1v) is 10.7. The van der Waals surface area contributed by atoms with Crippen LogP contribution in [0.1, 0.15) is 27.7 Å². The van der Waals surface area contributed by atoms with Crippen molar-refractivity contribution in [1.29, 1.82) is 0 Å². The van der Waals surface area contributed by atoms with Crippen LogP contribution in [0.15, 0.2) is 48.7 Å². The molecule has 176 valence electrons. The number of carbonyl (C=O) groups is 1. The van der Waals surface area contributed by atoms with Crippen LogP contribution in [0.3, 0.4) is 0 Å². The number of nitrogens with one attached hydrogen (secondary N) is 1. The lowest BCUT2D eigenvalue weighted by Gasteiger charge is -2.19. The predicted octanol–water partition coefficient (Wildman–Crippen LogP) is 4.25. The molecule has 0 saturated carbocycles. The van der Waals surface area contributed by atoms with Gasteiger partial charge >= 0.3 is 6.09 Å². The minimum Gasteiger partial charge on any atom is -0.492 e. The molecular weight excluding hydrogens is 424 g/mol. The highest BCUT2D eigenvalue weighted by Crippen LogP contribution is 2.28. The van der Waals surface area contributed by atoms with Gasteiger partial charge in [0.15, 0.2) is 0 Å². The number of methoxy groups -OCH3 is 1. The second kappa shape index (κ2) is 10.7. The summed E-state index contributed by atoms with van der Waals surface area (Å²) in [6.07, 6.45) is 1.23. The SMILES string of the molecule is CCOc1cc(-c2ccc(OCCNC(=O)OC(C)(C)C)cc2)n(-c2ccc(OC)nc2)n1. The fourth-order valence-corrected chi connectivity index (χ4v) is 2.96. The highest BCUT2D eigenvalue weighted by atomic mass is 16.6. The van der Waals surface area contributed by atoms with Crippen LogP contribution in [0.25, 0.3) is 16.9 Å². The van der Waals surface area contributed by atoms with Crippen molar-refractivity contribution in [3.8, 4) is 34.5 Å². The van der Waals surface area contributed by atoms with E-state index < -0.39 is 11.7 Å². The number of pyridine rings is 1. The highest BCUT2D eigenvalue weighted by molar-refractivity contribution is 5.67. The topological polar surface area (TPSA) is 96.7 Å². The Bertz CT molecular complexity index is 1040. The molecule has 0 spiro atoms. The van der Waals surface area contributed by atoms with Gasteiger partial charge in [0.2, 0.25) is 11.8 Å². The summed E-state index contributed by atoms with van der Waals surface area (Å²) in [6, 6.07) is 13.2. The maximum absolute atomic E-state index is 11.7. The van der Waals surface area contributed by atoms with E-state index in [1.165, 1.54) is 0 Å². The molecule has 0 aliphatic heterocycles. The predicted molar refractivity (Wildman–Crippen MR) is 124 cm³/mol. The summed E-state index contributed by atoms with van der Waals surface area (Å²) in [4.78, 5) is 16.0. The van der Waals surface area contributed by atoms with E-state index in [1.807, 2.05) is 64.1 Å².